The molecule has 4 aliphatic heterocycles. The number of hydrogen-bond acceptors (Lipinski definition) is 12. The van der Waals surface area contributed by atoms with E-state index in [9.17, 15) is 19.2 Å². The number of benzene rings is 6. The first-order chi connectivity index (χ1) is 37.1. The molecule has 0 saturated carbocycles. The van der Waals surface area contributed by atoms with Crippen molar-refractivity contribution in [1.82, 2.24) is 15.1 Å². The van der Waals surface area contributed by atoms with E-state index in [0.717, 1.165) is 50.3 Å². The molecular formula is C60H54N6O10. The molecule has 76 heavy (non-hydrogen) atoms. The van der Waals surface area contributed by atoms with E-state index >= 15 is 0 Å². The van der Waals surface area contributed by atoms with Gasteiger partial charge in [-0.05, 0) is 87.8 Å². The van der Waals surface area contributed by atoms with Crippen LogP contribution >= 0.6 is 0 Å². The van der Waals surface area contributed by atoms with Crippen molar-refractivity contribution in [3.63, 3.8) is 0 Å². The van der Waals surface area contributed by atoms with Crippen LogP contribution in [0.2, 0.25) is 0 Å². The Balaban J connectivity index is 0.666. The lowest BCUT2D eigenvalue weighted by Crippen LogP contribution is -2.42. The first-order valence-corrected chi connectivity index (χ1v) is 25.1. The maximum Gasteiger partial charge on any atom is 0.407 e. The zero-order chi connectivity index (χ0) is 52.5. The standard InChI is InChI=1S/C60H54N6O10/c1-35(63-60(70)76-34-50-46-12-7-5-10-44(46)45-11-6-8-13-47(45)50)57(67)64-40-18-14-36(15-19-40)38-24-41-30-61-51-28-55(53(72-3)26-48(51)58(68)65(41)32-38)74-22-9-23-75-56-29-52-49(27-54(56)73-4)59(69)66-33-39(25-42(66)31-62-52)37-16-20-43(71-2)21-17-37/h5-8,10-21,26-33,35,41-42,50H,9,22-25,34H2,1-4H3,(H,63,70)(H,64,67)/t35-,41-,42-/m0/s1. The van der Waals surface area contributed by atoms with E-state index in [4.69, 9.17) is 38.4 Å². The maximum atomic E-state index is 14.1. The first-order valence-electron chi connectivity index (χ1n) is 25.1. The highest BCUT2D eigenvalue weighted by atomic mass is 16.5. The molecule has 0 spiro atoms. The molecule has 6 aromatic rings. The molecule has 6 aromatic carbocycles. The van der Waals surface area contributed by atoms with E-state index in [2.05, 4.69) is 34.9 Å². The lowest BCUT2D eigenvalue weighted by Gasteiger charge is -2.19. The smallest absolute Gasteiger partial charge is 0.407 e. The fourth-order valence-electron chi connectivity index (χ4n) is 10.3. The zero-order valence-electron chi connectivity index (χ0n) is 42.3. The van der Waals surface area contributed by atoms with Gasteiger partial charge in [0, 0.05) is 67.8 Å². The average Bonchev–Trinajstić information content (AvgIpc) is 4.15. The summed E-state index contributed by atoms with van der Waals surface area (Å²) in [5, 5.41) is 5.52. The summed E-state index contributed by atoms with van der Waals surface area (Å²) in [6.07, 6.45) is 8.25. The van der Waals surface area contributed by atoms with Crippen molar-refractivity contribution in [1.29, 1.82) is 0 Å². The maximum absolute atomic E-state index is 14.1. The number of amides is 4. The summed E-state index contributed by atoms with van der Waals surface area (Å²) >= 11 is 0. The van der Waals surface area contributed by atoms with Crippen LogP contribution in [0, 0.1) is 0 Å². The predicted molar refractivity (Wildman–Crippen MR) is 289 cm³/mol. The Morgan fingerprint density at radius 2 is 1.12 bits per heavy atom. The van der Waals surface area contributed by atoms with Gasteiger partial charge in [0.1, 0.15) is 18.4 Å². The molecule has 4 amide bonds. The van der Waals surface area contributed by atoms with Gasteiger partial charge in [0.05, 0.1) is 69.1 Å². The van der Waals surface area contributed by atoms with Gasteiger partial charge < -0.3 is 48.9 Å². The Kier molecular flexibility index (Phi) is 13.5. The van der Waals surface area contributed by atoms with Crippen LogP contribution in [0.3, 0.4) is 0 Å². The number of rotatable bonds is 16. The number of methoxy groups -OCH3 is 3. The van der Waals surface area contributed by atoms with Gasteiger partial charge in [-0.3, -0.25) is 24.4 Å². The molecule has 0 bridgehead atoms. The number of carbonyl (C=O) groups excluding carboxylic acids is 4. The number of nitrogens with one attached hydrogen (secondary N) is 2. The molecule has 16 heteroatoms. The third-order valence-electron chi connectivity index (χ3n) is 14.3. The molecule has 0 aromatic heterocycles. The van der Waals surface area contributed by atoms with Gasteiger partial charge in [0.25, 0.3) is 11.8 Å². The molecule has 16 nitrogen and oxygen atoms in total. The van der Waals surface area contributed by atoms with Crippen molar-refractivity contribution in [2.45, 2.75) is 50.2 Å². The SMILES string of the molecule is COc1ccc(C2=CN3C(=O)c4cc(OC)c(OCCCOc5cc6c(cc5OC)C(=O)N5C=C(c7ccc(NC(=O)[C@H](C)NC(=O)OCC8c9ccccc9-c9ccccc98)cc7)C[C@H]5C=N6)cc4N=C[C@@H]3C2)cc1. The second kappa shape index (κ2) is 21.0. The summed E-state index contributed by atoms with van der Waals surface area (Å²) < 4.78 is 34.7. The number of hydrogen-bond donors (Lipinski definition) is 2. The van der Waals surface area contributed by atoms with Crippen molar-refractivity contribution in [3.05, 3.63) is 167 Å². The number of nitrogens with zero attached hydrogens (tertiary/aromatic N) is 4. The lowest BCUT2D eigenvalue weighted by molar-refractivity contribution is -0.117. The topological polar surface area (TPSA) is 179 Å². The van der Waals surface area contributed by atoms with Crippen molar-refractivity contribution in [2.24, 2.45) is 9.98 Å². The Labute approximate surface area is 439 Å². The average molecular weight is 1020 g/mol. The fourth-order valence-corrected chi connectivity index (χ4v) is 10.3. The molecule has 1 aliphatic carbocycles. The van der Waals surface area contributed by atoms with Crippen LogP contribution < -0.4 is 34.3 Å². The molecule has 0 unspecified atom stereocenters. The highest BCUT2D eigenvalue weighted by molar-refractivity contribution is 6.07. The van der Waals surface area contributed by atoms with Crippen LogP contribution in [-0.4, -0.2) is 105 Å². The van der Waals surface area contributed by atoms with Gasteiger partial charge in [-0.15, -0.1) is 0 Å². The van der Waals surface area contributed by atoms with Crippen molar-refractivity contribution >= 4 is 64.5 Å². The second-order valence-corrected chi connectivity index (χ2v) is 18.9. The molecular weight excluding hydrogens is 965 g/mol. The second-order valence-electron chi connectivity index (χ2n) is 18.9. The molecule has 11 rings (SSSR count). The van der Waals surface area contributed by atoms with Gasteiger partial charge >= 0.3 is 6.09 Å². The Morgan fingerprint density at radius 3 is 1.62 bits per heavy atom. The molecule has 0 fully saturated rings. The number of carbonyl (C=O) groups is 4. The minimum atomic E-state index is -0.866. The highest BCUT2D eigenvalue weighted by Crippen LogP contribution is 2.45. The normalized spacial score (nSPS) is 17.1. The quantitative estimate of drug-likeness (QED) is 0.0887. The fraction of sp³-hybridized carbons (Fsp3) is 0.233. The van der Waals surface area contributed by atoms with Gasteiger partial charge in [-0.25, -0.2) is 4.79 Å². The van der Waals surface area contributed by atoms with E-state index in [0.29, 0.717) is 70.4 Å². The van der Waals surface area contributed by atoms with E-state index in [-0.39, 0.29) is 49.6 Å². The molecule has 0 saturated heterocycles. The van der Waals surface area contributed by atoms with E-state index in [1.54, 1.807) is 72.7 Å². The van der Waals surface area contributed by atoms with Crippen LogP contribution in [0.5, 0.6) is 28.7 Å². The third-order valence-corrected chi connectivity index (χ3v) is 14.3. The number of aliphatic imine (C=N–C) groups is 2. The van der Waals surface area contributed by atoms with E-state index < -0.39 is 18.0 Å². The van der Waals surface area contributed by atoms with Crippen molar-refractivity contribution in [2.75, 3.05) is 46.5 Å². The van der Waals surface area contributed by atoms with Crippen LogP contribution in [0.15, 0.2) is 144 Å². The summed E-state index contributed by atoms with van der Waals surface area (Å²) in [4.78, 5) is 66.8. The number of alkyl carbamates (subject to hydrolysis) is 1. The molecule has 4 heterocycles. The molecule has 0 radical (unpaired) electrons. The van der Waals surface area contributed by atoms with E-state index in [1.807, 2.05) is 73.1 Å². The minimum Gasteiger partial charge on any atom is -0.497 e. The van der Waals surface area contributed by atoms with Gasteiger partial charge in [0.15, 0.2) is 23.0 Å². The first kappa shape index (κ1) is 49.1. The summed E-state index contributed by atoms with van der Waals surface area (Å²) in [5.41, 5.74) is 10.6. The van der Waals surface area contributed by atoms with Gasteiger partial charge in [-0.2, -0.15) is 0 Å². The van der Waals surface area contributed by atoms with E-state index in [1.165, 1.54) is 14.2 Å². The van der Waals surface area contributed by atoms with Gasteiger partial charge in [-0.1, -0.05) is 72.8 Å². The predicted octanol–water partition coefficient (Wildman–Crippen LogP) is 10.4. The third kappa shape index (κ3) is 9.60. The molecule has 5 aliphatic rings. The number of anilines is 1. The number of fused-ring (bicyclic) bond motifs is 7. The summed E-state index contributed by atoms with van der Waals surface area (Å²) in [6, 6.07) is 36.7. The van der Waals surface area contributed by atoms with Crippen molar-refractivity contribution in [3.8, 4) is 39.9 Å². The summed E-state index contributed by atoms with van der Waals surface area (Å²) in [5.74, 6) is 1.53. The van der Waals surface area contributed by atoms with Crippen LogP contribution in [0.1, 0.15) is 75.1 Å². The lowest BCUT2D eigenvalue weighted by atomic mass is 9.98. The van der Waals surface area contributed by atoms with Gasteiger partial charge in [0.2, 0.25) is 5.91 Å². The van der Waals surface area contributed by atoms with Crippen LogP contribution in [0.25, 0.3) is 22.3 Å². The Bertz CT molecular complexity index is 3360. The highest BCUT2D eigenvalue weighted by Gasteiger charge is 2.36. The largest absolute Gasteiger partial charge is 0.497 e. The van der Waals surface area contributed by atoms with Crippen molar-refractivity contribution < 1.29 is 47.6 Å². The molecule has 384 valence electrons. The Morgan fingerprint density at radius 1 is 0.618 bits per heavy atom. The monoisotopic (exact) mass is 1020 g/mol. The van der Waals surface area contributed by atoms with Crippen LogP contribution in [-0.2, 0) is 9.53 Å². The summed E-state index contributed by atoms with van der Waals surface area (Å²) in [6.45, 7) is 2.27. The summed E-state index contributed by atoms with van der Waals surface area (Å²) in [7, 11) is 4.68. The minimum absolute atomic E-state index is 0.0951. The number of ether oxygens (including phenoxy) is 6. The zero-order valence-corrected chi connectivity index (χ0v) is 42.3. The van der Waals surface area contributed by atoms with Crippen LogP contribution in [0.4, 0.5) is 21.9 Å². The Hall–Kier alpha value is -9.18. The molecule has 3 atom stereocenters. The molecule has 2 N–H and O–H groups in total.